The predicted molar refractivity (Wildman–Crippen MR) is 96.0 cm³/mol. The molecule has 0 radical (unpaired) electrons. The zero-order valence-electron chi connectivity index (χ0n) is 13.8. The molecule has 0 spiro atoms. The number of hydrogen-bond donors (Lipinski definition) is 1. The first-order valence-corrected chi connectivity index (χ1v) is 7.78. The second-order valence-corrected chi connectivity index (χ2v) is 5.96. The normalized spacial score (nSPS) is 12.0. The van der Waals surface area contributed by atoms with Gasteiger partial charge in [-0.15, -0.1) is 0 Å². The third-order valence-corrected chi connectivity index (χ3v) is 4.09. The van der Waals surface area contributed by atoms with Crippen LogP contribution in [0.3, 0.4) is 0 Å². The maximum atomic E-state index is 10.8. The maximum Gasteiger partial charge on any atom is 0.271 e. The molecule has 24 heavy (non-hydrogen) atoms. The van der Waals surface area contributed by atoms with Gasteiger partial charge in [0.2, 0.25) is 0 Å². The van der Waals surface area contributed by atoms with Crippen LogP contribution in [0.1, 0.15) is 11.6 Å². The van der Waals surface area contributed by atoms with Gasteiger partial charge in [-0.05, 0) is 37.9 Å². The van der Waals surface area contributed by atoms with Crippen molar-refractivity contribution in [3.05, 3.63) is 63.2 Å². The number of anilines is 1. The van der Waals surface area contributed by atoms with Crippen molar-refractivity contribution in [3.63, 3.8) is 0 Å². The van der Waals surface area contributed by atoms with Gasteiger partial charge < -0.3 is 15.0 Å². The Hall–Kier alpha value is -2.31. The number of nitrogens with one attached hydrogen (secondary N) is 1. The number of halogens is 1. The van der Waals surface area contributed by atoms with Gasteiger partial charge in [-0.25, -0.2) is 0 Å². The summed E-state index contributed by atoms with van der Waals surface area (Å²) in [4.78, 5) is 12.4. The molecule has 0 fully saturated rings. The van der Waals surface area contributed by atoms with Crippen LogP contribution in [-0.4, -0.2) is 37.6 Å². The topological polar surface area (TPSA) is 67.6 Å². The van der Waals surface area contributed by atoms with Crippen LogP contribution in [0.4, 0.5) is 11.4 Å². The van der Waals surface area contributed by atoms with Crippen molar-refractivity contribution in [1.82, 2.24) is 4.90 Å². The first-order chi connectivity index (χ1) is 11.4. The molecule has 1 atom stereocenters. The highest BCUT2D eigenvalue weighted by Crippen LogP contribution is 2.28. The van der Waals surface area contributed by atoms with E-state index < -0.39 is 4.92 Å². The minimum absolute atomic E-state index is 0.0233. The van der Waals surface area contributed by atoms with Gasteiger partial charge in [0.1, 0.15) is 5.75 Å². The van der Waals surface area contributed by atoms with E-state index in [1.165, 1.54) is 12.1 Å². The Morgan fingerprint density at radius 3 is 2.42 bits per heavy atom. The number of likely N-dealkylation sites (N-methyl/N-ethyl adjacent to an activating group) is 1. The van der Waals surface area contributed by atoms with Gasteiger partial charge in [-0.2, -0.15) is 0 Å². The van der Waals surface area contributed by atoms with Gasteiger partial charge in [0.15, 0.2) is 0 Å². The predicted octanol–water partition coefficient (Wildman–Crippen LogP) is 3.97. The molecule has 0 aliphatic rings. The fraction of sp³-hybridized carbons (Fsp3) is 0.294. The van der Waals surface area contributed by atoms with Gasteiger partial charge in [-0.1, -0.05) is 23.7 Å². The van der Waals surface area contributed by atoms with Crippen LogP contribution in [0.2, 0.25) is 5.02 Å². The Morgan fingerprint density at radius 1 is 1.25 bits per heavy atom. The average Bonchev–Trinajstić information content (AvgIpc) is 2.56. The molecule has 6 nitrogen and oxygen atoms in total. The zero-order valence-corrected chi connectivity index (χ0v) is 14.6. The highest BCUT2D eigenvalue weighted by atomic mass is 35.5. The molecule has 0 heterocycles. The second kappa shape index (κ2) is 7.99. The smallest absolute Gasteiger partial charge is 0.271 e. The monoisotopic (exact) mass is 349 g/mol. The average molecular weight is 350 g/mol. The quantitative estimate of drug-likeness (QED) is 0.605. The summed E-state index contributed by atoms with van der Waals surface area (Å²) in [6.45, 7) is 0.608. The summed E-state index contributed by atoms with van der Waals surface area (Å²) >= 11 is 6.13. The summed E-state index contributed by atoms with van der Waals surface area (Å²) in [7, 11) is 5.62. The van der Waals surface area contributed by atoms with E-state index >= 15 is 0 Å². The van der Waals surface area contributed by atoms with Gasteiger partial charge >= 0.3 is 0 Å². The highest BCUT2D eigenvalue weighted by Gasteiger charge is 2.15. The number of rotatable bonds is 7. The summed E-state index contributed by atoms with van der Waals surface area (Å²) in [5, 5.41) is 14.4. The number of non-ortho nitro benzene ring substituents is 1. The number of nitro groups is 1. The minimum atomic E-state index is -0.463. The van der Waals surface area contributed by atoms with E-state index in [9.17, 15) is 10.1 Å². The minimum Gasteiger partial charge on any atom is -0.497 e. The van der Waals surface area contributed by atoms with E-state index in [1.807, 2.05) is 38.4 Å². The lowest BCUT2D eigenvalue weighted by atomic mass is 10.1. The van der Waals surface area contributed by atoms with Crippen LogP contribution in [0, 0.1) is 10.1 Å². The lowest BCUT2D eigenvalue weighted by Crippen LogP contribution is -2.26. The van der Waals surface area contributed by atoms with E-state index in [4.69, 9.17) is 16.3 Å². The molecule has 7 heteroatoms. The molecule has 0 saturated heterocycles. The van der Waals surface area contributed by atoms with Crippen LogP contribution in [0.25, 0.3) is 0 Å². The summed E-state index contributed by atoms with van der Waals surface area (Å²) in [5.74, 6) is 0.808. The molecule has 2 rings (SSSR count). The molecule has 2 aromatic carbocycles. The van der Waals surface area contributed by atoms with E-state index in [2.05, 4.69) is 10.2 Å². The van der Waals surface area contributed by atoms with Gasteiger partial charge in [0, 0.05) is 18.7 Å². The fourth-order valence-electron chi connectivity index (χ4n) is 2.39. The van der Waals surface area contributed by atoms with Crippen LogP contribution in [-0.2, 0) is 0 Å². The Bertz CT molecular complexity index is 705. The largest absolute Gasteiger partial charge is 0.497 e. The molecule has 0 bridgehead atoms. The molecule has 0 amide bonds. The molecule has 0 aliphatic carbocycles. The second-order valence-electron chi connectivity index (χ2n) is 5.55. The summed E-state index contributed by atoms with van der Waals surface area (Å²) in [5.41, 5.74) is 1.78. The molecule has 0 unspecified atom stereocenters. The Labute approximate surface area is 146 Å². The number of nitrogens with zero attached hydrogens (tertiary/aromatic N) is 2. The van der Waals surface area contributed by atoms with Crippen molar-refractivity contribution in [3.8, 4) is 5.75 Å². The van der Waals surface area contributed by atoms with Crippen molar-refractivity contribution in [1.29, 1.82) is 0 Å². The molecule has 0 saturated carbocycles. The number of methoxy groups -OCH3 is 1. The van der Waals surface area contributed by atoms with Crippen molar-refractivity contribution >= 4 is 23.0 Å². The zero-order chi connectivity index (χ0) is 17.7. The molecule has 0 aromatic heterocycles. The van der Waals surface area contributed by atoms with E-state index in [0.717, 1.165) is 11.3 Å². The Morgan fingerprint density at radius 2 is 1.92 bits per heavy atom. The lowest BCUT2D eigenvalue weighted by molar-refractivity contribution is -0.384. The first kappa shape index (κ1) is 18.0. The third kappa shape index (κ3) is 4.37. The lowest BCUT2D eigenvalue weighted by Gasteiger charge is -2.26. The molecular weight excluding hydrogens is 330 g/mol. The SMILES string of the molecule is COc1ccc([C@H](CNc2ccc([N+](=O)[O-])cc2Cl)N(C)C)cc1. The van der Waals surface area contributed by atoms with Gasteiger partial charge in [0.05, 0.1) is 28.8 Å². The molecule has 2 aromatic rings. The number of ether oxygens (including phenoxy) is 1. The van der Waals surface area contributed by atoms with E-state index in [1.54, 1.807) is 13.2 Å². The molecule has 0 aliphatic heterocycles. The van der Waals surface area contributed by atoms with Crippen LogP contribution in [0.5, 0.6) is 5.75 Å². The number of nitro benzene ring substituents is 1. The number of benzene rings is 2. The van der Waals surface area contributed by atoms with Crippen molar-refractivity contribution in [2.24, 2.45) is 0 Å². The van der Waals surface area contributed by atoms with Crippen molar-refractivity contribution in [2.45, 2.75) is 6.04 Å². The standard InChI is InChI=1S/C17H20ClN3O3/c1-20(2)17(12-4-7-14(24-3)8-5-12)11-19-16-9-6-13(21(22)23)10-15(16)18/h4-10,17,19H,11H2,1-3H3/t17-/m0/s1. The van der Waals surface area contributed by atoms with E-state index in [-0.39, 0.29) is 11.7 Å². The van der Waals surface area contributed by atoms with Crippen LogP contribution >= 0.6 is 11.6 Å². The number of hydrogen-bond acceptors (Lipinski definition) is 5. The van der Waals surface area contributed by atoms with E-state index in [0.29, 0.717) is 17.3 Å². The molecular formula is C17H20ClN3O3. The van der Waals surface area contributed by atoms with Crippen LogP contribution in [0.15, 0.2) is 42.5 Å². The summed E-state index contributed by atoms with van der Waals surface area (Å²) in [6.07, 6.45) is 0. The van der Waals surface area contributed by atoms with Crippen molar-refractivity contribution < 1.29 is 9.66 Å². The highest BCUT2D eigenvalue weighted by molar-refractivity contribution is 6.33. The van der Waals surface area contributed by atoms with Gasteiger partial charge in [0.25, 0.3) is 5.69 Å². The maximum absolute atomic E-state index is 10.8. The summed E-state index contributed by atoms with van der Waals surface area (Å²) in [6, 6.07) is 12.4. The Kier molecular flexibility index (Phi) is 6.00. The van der Waals surface area contributed by atoms with Gasteiger partial charge in [-0.3, -0.25) is 10.1 Å². The first-order valence-electron chi connectivity index (χ1n) is 7.40. The summed E-state index contributed by atoms with van der Waals surface area (Å²) < 4.78 is 5.18. The fourth-order valence-corrected chi connectivity index (χ4v) is 2.63. The van der Waals surface area contributed by atoms with Crippen LogP contribution < -0.4 is 10.1 Å². The molecule has 128 valence electrons. The van der Waals surface area contributed by atoms with Crippen molar-refractivity contribution in [2.75, 3.05) is 33.1 Å². The molecule has 1 N–H and O–H groups in total. The Balaban J connectivity index is 2.12. The third-order valence-electron chi connectivity index (χ3n) is 3.77.